The highest BCUT2D eigenvalue weighted by Crippen LogP contribution is 1.97. The van der Waals surface area contributed by atoms with Crippen molar-refractivity contribution in [3.05, 3.63) is 6.42 Å². The molecule has 0 aromatic rings. The first-order valence-corrected chi connectivity index (χ1v) is 4.42. The van der Waals surface area contributed by atoms with E-state index < -0.39 is 0 Å². The van der Waals surface area contributed by atoms with Crippen LogP contribution in [0.2, 0.25) is 0 Å². The molecule has 0 rings (SSSR count). The van der Waals surface area contributed by atoms with Gasteiger partial charge in [-0.25, -0.2) is 0 Å². The van der Waals surface area contributed by atoms with Crippen molar-refractivity contribution in [2.45, 2.75) is 33.3 Å². The van der Waals surface area contributed by atoms with Crippen molar-refractivity contribution in [3.8, 4) is 0 Å². The molecule has 0 heterocycles. The van der Waals surface area contributed by atoms with Crippen LogP contribution >= 0.6 is 0 Å². The molecular weight excluding hydrogens is 138 g/mol. The third-order valence-electron chi connectivity index (χ3n) is 1.79. The van der Waals surface area contributed by atoms with E-state index in [1.807, 2.05) is 6.92 Å². The van der Waals surface area contributed by atoms with Crippen LogP contribution in [0.4, 0.5) is 0 Å². The Kier molecular flexibility index (Phi) is 6.57. The Bertz CT molecular complexity index is 79.6. The molecule has 1 N–H and O–H groups in total. The Balaban J connectivity index is 3.21. The zero-order chi connectivity index (χ0) is 8.69. The third-order valence-corrected chi connectivity index (χ3v) is 1.79. The standard InChI is InChI=1S/C9H20NO/c1-4-10(5-2)8-6-7-9(3)11/h6,9,11H,4-5,7-8H2,1-3H3. The summed E-state index contributed by atoms with van der Waals surface area (Å²) >= 11 is 0. The minimum Gasteiger partial charge on any atom is -0.393 e. The molecule has 0 amide bonds. The highest BCUT2D eigenvalue weighted by molar-refractivity contribution is 4.72. The molecule has 0 fully saturated rings. The predicted octanol–water partition coefficient (Wildman–Crippen LogP) is 1.30. The number of aliphatic hydroxyl groups is 1. The molecule has 0 aliphatic rings. The second kappa shape index (κ2) is 6.62. The lowest BCUT2D eigenvalue weighted by atomic mass is 10.2. The molecule has 0 aromatic carbocycles. The maximum Gasteiger partial charge on any atom is 0.0515 e. The van der Waals surface area contributed by atoms with Crippen molar-refractivity contribution in [2.75, 3.05) is 19.6 Å². The van der Waals surface area contributed by atoms with E-state index in [4.69, 9.17) is 5.11 Å². The van der Waals surface area contributed by atoms with Gasteiger partial charge in [-0.05, 0) is 32.9 Å². The van der Waals surface area contributed by atoms with Crippen LogP contribution in [0, 0.1) is 6.42 Å². The minimum atomic E-state index is -0.189. The quantitative estimate of drug-likeness (QED) is 0.630. The van der Waals surface area contributed by atoms with Crippen molar-refractivity contribution in [1.82, 2.24) is 4.90 Å². The van der Waals surface area contributed by atoms with Gasteiger partial charge in [-0.1, -0.05) is 13.8 Å². The summed E-state index contributed by atoms with van der Waals surface area (Å²) in [6, 6.07) is 0. The number of rotatable bonds is 6. The van der Waals surface area contributed by atoms with Gasteiger partial charge in [0.25, 0.3) is 0 Å². The van der Waals surface area contributed by atoms with Crippen molar-refractivity contribution < 1.29 is 5.11 Å². The summed E-state index contributed by atoms with van der Waals surface area (Å²) in [7, 11) is 0. The lowest BCUT2D eigenvalue weighted by molar-refractivity contribution is 0.189. The molecule has 67 valence electrons. The van der Waals surface area contributed by atoms with E-state index in [-0.39, 0.29) is 6.10 Å². The van der Waals surface area contributed by atoms with Crippen LogP contribution in [0.15, 0.2) is 0 Å². The molecule has 0 bridgehead atoms. The Labute approximate surface area is 70.2 Å². The molecule has 2 nitrogen and oxygen atoms in total. The molecule has 0 aromatic heterocycles. The SMILES string of the molecule is CCN(CC)C[CH]CC(C)O. The summed E-state index contributed by atoms with van der Waals surface area (Å²) in [4.78, 5) is 2.32. The number of nitrogens with zero attached hydrogens (tertiary/aromatic N) is 1. The fraction of sp³-hybridized carbons (Fsp3) is 0.889. The van der Waals surface area contributed by atoms with Crippen molar-refractivity contribution in [3.63, 3.8) is 0 Å². The van der Waals surface area contributed by atoms with Gasteiger partial charge >= 0.3 is 0 Å². The normalized spacial score (nSPS) is 13.9. The minimum absolute atomic E-state index is 0.189. The molecule has 1 atom stereocenters. The predicted molar refractivity (Wildman–Crippen MR) is 48.4 cm³/mol. The molecular formula is C9H20NO. The van der Waals surface area contributed by atoms with E-state index in [1.165, 1.54) is 0 Å². The summed E-state index contributed by atoms with van der Waals surface area (Å²) in [5.74, 6) is 0. The van der Waals surface area contributed by atoms with Crippen LogP contribution in [0.25, 0.3) is 0 Å². The molecule has 11 heavy (non-hydrogen) atoms. The third kappa shape index (κ3) is 6.32. The largest absolute Gasteiger partial charge is 0.393 e. The van der Waals surface area contributed by atoms with Gasteiger partial charge < -0.3 is 10.0 Å². The fourth-order valence-electron chi connectivity index (χ4n) is 0.980. The molecule has 0 aliphatic carbocycles. The lowest BCUT2D eigenvalue weighted by Crippen LogP contribution is -2.24. The van der Waals surface area contributed by atoms with Crippen molar-refractivity contribution >= 4 is 0 Å². The van der Waals surface area contributed by atoms with Crippen molar-refractivity contribution in [1.29, 1.82) is 0 Å². The maximum atomic E-state index is 8.96. The maximum absolute atomic E-state index is 8.96. The van der Waals surface area contributed by atoms with E-state index in [2.05, 4.69) is 25.2 Å². The van der Waals surface area contributed by atoms with Gasteiger partial charge in [0.1, 0.15) is 0 Å². The zero-order valence-electron chi connectivity index (χ0n) is 7.88. The smallest absolute Gasteiger partial charge is 0.0515 e. The van der Waals surface area contributed by atoms with Crippen LogP contribution < -0.4 is 0 Å². The van der Waals surface area contributed by atoms with E-state index in [1.54, 1.807) is 0 Å². The molecule has 0 saturated carbocycles. The second-order valence-corrected chi connectivity index (χ2v) is 2.86. The van der Waals surface area contributed by atoms with E-state index >= 15 is 0 Å². The Morgan fingerprint density at radius 3 is 2.27 bits per heavy atom. The summed E-state index contributed by atoms with van der Waals surface area (Å²) < 4.78 is 0. The summed E-state index contributed by atoms with van der Waals surface area (Å²) in [5, 5.41) is 8.96. The average molecular weight is 158 g/mol. The fourth-order valence-corrected chi connectivity index (χ4v) is 0.980. The number of hydrogen-bond donors (Lipinski definition) is 1. The van der Waals surface area contributed by atoms with Crippen LogP contribution in [0.5, 0.6) is 0 Å². The highest BCUT2D eigenvalue weighted by atomic mass is 16.3. The Morgan fingerprint density at radius 1 is 1.36 bits per heavy atom. The Morgan fingerprint density at radius 2 is 1.91 bits per heavy atom. The van der Waals surface area contributed by atoms with Crippen LogP contribution in [0.3, 0.4) is 0 Å². The summed E-state index contributed by atoms with van der Waals surface area (Å²) in [6.45, 7) is 9.30. The number of aliphatic hydroxyl groups excluding tert-OH is 1. The highest BCUT2D eigenvalue weighted by Gasteiger charge is 2.00. The van der Waals surface area contributed by atoms with Gasteiger partial charge in [-0.2, -0.15) is 0 Å². The second-order valence-electron chi connectivity index (χ2n) is 2.86. The summed E-state index contributed by atoms with van der Waals surface area (Å²) in [6.07, 6.45) is 2.75. The summed E-state index contributed by atoms with van der Waals surface area (Å²) in [5.41, 5.74) is 0. The van der Waals surface area contributed by atoms with Crippen LogP contribution in [-0.4, -0.2) is 35.7 Å². The first-order chi connectivity index (χ1) is 5.20. The van der Waals surface area contributed by atoms with E-state index in [9.17, 15) is 0 Å². The molecule has 0 spiro atoms. The van der Waals surface area contributed by atoms with Crippen molar-refractivity contribution in [2.24, 2.45) is 0 Å². The average Bonchev–Trinajstić information content (AvgIpc) is 1.98. The number of hydrogen-bond acceptors (Lipinski definition) is 2. The lowest BCUT2D eigenvalue weighted by Gasteiger charge is -2.17. The van der Waals surface area contributed by atoms with Gasteiger partial charge in [0.05, 0.1) is 6.10 Å². The van der Waals surface area contributed by atoms with Gasteiger partial charge in [0.15, 0.2) is 0 Å². The molecule has 2 heteroatoms. The Hall–Kier alpha value is -0.0800. The van der Waals surface area contributed by atoms with Crippen LogP contribution in [0.1, 0.15) is 27.2 Å². The molecule has 1 unspecified atom stereocenters. The molecule has 0 aliphatic heterocycles. The first-order valence-electron chi connectivity index (χ1n) is 4.42. The zero-order valence-corrected chi connectivity index (χ0v) is 7.88. The van der Waals surface area contributed by atoms with E-state index in [0.717, 1.165) is 26.1 Å². The topological polar surface area (TPSA) is 23.5 Å². The van der Waals surface area contributed by atoms with Gasteiger partial charge in [0.2, 0.25) is 0 Å². The molecule has 1 radical (unpaired) electrons. The van der Waals surface area contributed by atoms with Crippen LogP contribution in [-0.2, 0) is 0 Å². The van der Waals surface area contributed by atoms with E-state index in [0.29, 0.717) is 0 Å². The molecule has 0 saturated heterocycles. The van der Waals surface area contributed by atoms with Gasteiger partial charge in [-0.3, -0.25) is 0 Å². The first kappa shape index (κ1) is 10.9. The van der Waals surface area contributed by atoms with Gasteiger partial charge in [0, 0.05) is 6.54 Å². The van der Waals surface area contributed by atoms with Gasteiger partial charge in [-0.15, -0.1) is 0 Å². The monoisotopic (exact) mass is 158 g/mol.